The summed E-state index contributed by atoms with van der Waals surface area (Å²) < 4.78 is 7.22. The maximum Gasteiger partial charge on any atom is 0.247 e. The number of rotatable bonds is 9. The van der Waals surface area contributed by atoms with Crippen LogP contribution in [0.3, 0.4) is 0 Å². The number of furan rings is 1. The van der Waals surface area contributed by atoms with E-state index < -0.39 is 0 Å². The Morgan fingerprint density at radius 2 is 2.17 bits per heavy atom. The second kappa shape index (κ2) is 10.1. The fourth-order valence-corrected chi connectivity index (χ4v) is 3.31. The predicted molar refractivity (Wildman–Crippen MR) is 113 cm³/mol. The van der Waals surface area contributed by atoms with Crippen molar-refractivity contribution in [2.75, 3.05) is 0 Å². The standard InChI is InChI=1S/C22H25ClN4O2/c1-3-4-12-27-22(23)20(17(2)25-27)9-10-21(28)26(16-19-8-6-13-29-19)15-18-7-5-11-24-14-18/h5-11,13-14H,3-4,12,15-16H2,1-2H3/b10-9+. The molecule has 6 nitrogen and oxygen atoms in total. The van der Waals surface area contributed by atoms with E-state index in [1.54, 1.807) is 40.4 Å². The number of carbonyl (C=O) groups excluding carboxylic acids is 1. The molecule has 0 bridgehead atoms. The number of unbranched alkanes of at least 4 members (excludes halogenated alkanes) is 1. The van der Waals surface area contributed by atoms with Crippen LogP contribution in [0.2, 0.25) is 5.15 Å². The van der Waals surface area contributed by atoms with E-state index in [1.165, 1.54) is 0 Å². The van der Waals surface area contributed by atoms with Gasteiger partial charge in [0.25, 0.3) is 0 Å². The van der Waals surface area contributed by atoms with E-state index in [0.717, 1.165) is 42.0 Å². The fraction of sp³-hybridized carbons (Fsp3) is 0.318. The summed E-state index contributed by atoms with van der Waals surface area (Å²) in [5, 5.41) is 5.04. The van der Waals surface area contributed by atoms with Crippen LogP contribution in [-0.4, -0.2) is 25.6 Å². The Kier molecular flexibility index (Phi) is 7.25. The normalized spacial score (nSPS) is 11.3. The smallest absolute Gasteiger partial charge is 0.247 e. The van der Waals surface area contributed by atoms with Crippen LogP contribution in [0.25, 0.3) is 6.08 Å². The molecule has 152 valence electrons. The third-order valence-electron chi connectivity index (χ3n) is 4.56. The predicted octanol–water partition coefficient (Wildman–Crippen LogP) is 4.88. The van der Waals surface area contributed by atoms with Gasteiger partial charge in [0.15, 0.2) is 0 Å². The van der Waals surface area contributed by atoms with E-state index in [-0.39, 0.29) is 5.91 Å². The number of hydrogen-bond donors (Lipinski definition) is 0. The molecule has 0 aliphatic carbocycles. The molecule has 0 saturated heterocycles. The summed E-state index contributed by atoms with van der Waals surface area (Å²) in [4.78, 5) is 18.8. The van der Waals surface area contributed by atoms with Crippen molar-refractivity contribution in [1.29, 1.82) is 0 Å². The Balaban J connectivity index is 1.78. The monoisotopic (exact) mass is 412 g/mol. The lowest BCUT2D eigenvalue weighted by Gasteiger charge is -2.20. The van der Waals surface area contributed by atoms with Gasteiger partial charge in [0, 0.05) is 37.1 Å². The molecule has 0 radical (unpaired) electrons. The average Bonchev–Trinajstić information content (AvgIpc) is 3.33. The first-order valence-corrected chi connectivity index (χ1v) is 10.1. The van der Waals surface area contributed by atoms with E-state index in [4.69, 9.17) is 16.0 Å². The van der Waals surface area contributed by atoms with Crippen molar-refractivity contribution < 1.29 is 9.21 Å². The van der Waals surface area contributed by atoms with Gasteiger partial charge in [-0.3, -0.25) is 14.5 Å². The lowest BCUT2D eigenvalue weighted by molar-refractivity contribution is -0.127. The van der Waals surface area contributed by atoms with Crippen molar-refractivity contribution in [2.24, 2.45) is 0 Å². The van der Waals surface area contributed by atoms with Gasteiger partial charge in [-0.1, -0.05) is 31.0 Å². The maximum absolute atomic E-state index is 13.0. The number of aryl methyl sites for hydroxylation is 2. The second-order valence-corrected chi connectivity index (χ2v) is 7.19. The highest BCUT2D eigenvalue weighted by atomic mass is 35.5. The number of hydrogen-bond acceptors (Lipinski definition) is 4. The van der Waals surface area contributed by atoms with Gasteiger partial charge >= 0.3 is 0 Å². The van der Waals surface area contributed by atoms with Crippen molar-refractivity contribution in [1.82, 2.24) is 19.7 Å². The molecule has 0 unspecified atom stereocenters. The minimum Gasteiger partial charge on any atom is -0.467 e. The van der Waals surface area contributed by atoms with Crippen molar-refractivity contribution in [3.63, 3.8) is 0 Å². The molecule has 3 rings (SSSR count). The molecule has 0 atom stereocenters. The highest BCUT2D eigenvalue weighted by Gasteiger charge is 2.16. The van der Waals surface area contributed by atoms with Gasteiger partial charge in [-0.05, 0) is 43.2 Å². The van der Waals surface area contributed by atoms with Crippen LogP contribution in [0.4, 0.5) is 0 Å². The quantitative estimate of drug-likeness (QED) is 0.470. The molecule has 0 spiro atoms. The maximum atomic E-state index is 13.0. The number of amides is 1. The molecule has 3 aromatic heterocycles. The topological polar surface area (TPSA) is 64.2 Å². The number of aromatic nitrogens is 3. The van der Waals surface area contributed by atoms with Crippen LogP contribution in [0, 0.1) is 6.92 Å². The van der Waals surface area contributed by atoms with Gasteiger partial charge in [0.2, 0.25) is 5.91 Å². The fourth-order valence-electron chi connectivity index (χ4n) is 2.99. The van der Waals surface area contributed by atoms with Gasteiger partial charge in [-0.2, -0.15) is 5.10 Å². The van der Waals surface area contributed by atoms with E-state index in [9.17, 15) is 4.79 Å². The molecular weight excluding hydrogens is 388 g/mol. The second-order valence-electron chi connectivity index (χ2n) is 6.83. The van der Waals surface area contributed by atoms with Gasteiger partial charge < -0.3 is 9.32 Å². The summed E-state index contributed by atoms with van der Waals surface area (Å²) in [5.74, 6) is 0.583. The minimum atomic E-state index is -0.137. The van der Waals surface area contributed by atoms with E-state index in [2.05, 4.69) is 17.0 Å². The van der Waals surface area contributed by atoms with Crippen LogP contribution in [-0.2, 0) is 24.4 Å². The third kappa shape index (κ3) is 5.57. The zero-order valence-corrected chi connectivity index (χ0v) is 17.5. The molecule has 3 heterocycles. The molecule has 7 heteroatoms. The molecule has 0 aliphatic rings. The summed E-state index contributed by atoms with van der Waals surface area (Å²) >= 11 is 6.47. The molecule has 0 aromatic carbocycles. The van der Waals surface area contributed by atoms with Crippen molar-refractivity contribution in [3.05, 3.63) is 76.7 Å². The summed E-state index contributed by atoms with van der Waals surface area (Å²) in [7, 11) is 0. The number of halogens is 1. The third-order valence-corrected chi connectivity index (χ3v) is 4.96. The van der Waals surface area contributed by atoms with Gasteiger partial charge in [-0.15, -0.1) is 0 Å². The first-order chi connectivity index (χ1) is 14.1. The van der Waals surface area contributed by atoms with Gasteiger partial charge in [-0.25, -0.2) is 0 Å². The Bertz CT molecular complexity index is 949. The minimum absolute atomic E-state index is 0.137. The van der Waals surface area contributed by atoms with Crippen molar-refractivity contribution in [3.8, 4) is 0 Å². The number of nitrogens with zero attached hydrogens (tertiary/aromatic N) is 4. The zero-order valence-electron chi connectivity index (χ0n) is 16.7. The van der Waals surface area contributed by atoms with Crippen molar-refractivity contribution in [2.45, 2.75) is 46.3 Å². The molecule has 0 fully saturated rings. The van der Waals surface area contributed by atoms with Crippen LogP contribution < -0.4 is 0 Å². The lowest BCUT2D eigenvalue weighted by atomic mass is 10.2. The number of pyridine rings is 1. The van der Waals surface area contributed by atoms with Gasteiger partial charge in [0.05, 0.1) is 18.5 Å². The van der Waals surface area contributed by atoms with Crippen LogP contribution in [0.15, 0.2) is 53.4 Å². The van der Waals surface area contributed by atoms with E-state index in [1.807, 2.05) is 31.2 Å². The Morgan fingerprint density at radius 1 is 1.31 bits per heavy atom. The molecule has 0 saturated carbocycles. The molecule has 0 N–H and O–H groups in total. The van der Waals surface area contributed by atoms with Crippen LogP contribution in [0.1, 0.15) is 42.3 Å². The largest absolute Gasteiger partial charge is 0.467 e. The number of carbonyl (C=O) groups is 1. The lowest BCUT2D eigenvalue weighted by Crippen LogP contribution is -2.28. The SMILES string of the molecule is CCCCn1nc(C)c(/C=C/C(=O)N(Cc2cccnc2)Cc2ccco2)c1Cl. The molecule has 1 amide bonds. The molecule has 0 aliphatic heterocycles. The summed E-state index contributed by atoms with van der Waals surface area (Å²) in [6, 6.07) is 7.46. The first-order valence-electron chi connectivity index (χ1n) is 9.69. The Morgan fingerprint density at radius 3 is 2.86 bits per heavy atom. The average molecular weight is 413 g/mol. The molecule has 3 aromatic rings. The van der Waals surface area contributed by atoms with Crippen LogP contribution >= 0.6 is 11.6 Å². The summed E-state index contributed by atoms with van der Waals surface area (Å²) in [6.07, 6.45) is 10.4. The molecule has 29 heavy (non-hydrogen) atoms. The highest BCUT2D eigenvalue weighted by Crippen LogP contribution is 2.22. The van der Waals surface area contributed by atoms with E-state index in [0.29, 0.717) is 18.2 Å². The van der Waals surface area contributed by atoms with E-state index >= 15 is 0 Å². The van der Waals surface area contributed by atoms with Gasteiger partial charge in [0.1, 0.15) is 10.9 Å². The Labute approximate surface area is 175 Å². The summed E-state index contributed by atoms with van der Waals surface area (Å²) in [5.41, 5.74) is 2.53. The Hall–Kier alpha value is -2.86. The highest BCUT2D eigenvalue weighted by molar-refractivity contribution is 6.31. The molecular formula is C22H25ClN4O2. The van der Waals surface area contributed by atoms with Crippen LogP contribution in [0.5, 0.6) is 0 Å². The zero-order chi connectivity index (χ0) is 20.6. The first kappa shape index (κ1) is 20.9. The summed E-state index contributed by atoms with van der Waals surface area (Å²) in [6.45, 7) is 5.59. The van der Waals surface area contributed by atoms with Crippen molar-refractivity contribution >= 4 is 23.6 Å².